The minimum atomic E-state index is -1.01. The molecule has 0 unspecified atom stereocenters. The number of hydrogen-bond acceptors (Lipinski definition) is 7. The summed E-state index contributed by atoms with van der Waals surface area (Å²) in [4.78, 5) is 24.6. The molecule has 0 amide bonds. The standard InChI is InChI=1S/C18H17FN4O3/c1-18(5-6-26-17(20)23-18)12-7-11(3-4-13(12)19)8-15(24)14-9-22-16(25-2)10-21-14/h3-7,9-10H,8H2,1-2H3,(H2,20,23)/t18-/m0/s1. The lowest BCUT2D eigenvalue weighted by molar-refractivity contribution is 0.0987. The first-order valence-corrected chi connectivity index (χ1v) is 7.79. The van der Waals surface area contributed by atoms with Crippen molar-refractivity contribution in [1.29, 1.82) is 0 Å². The lowest BCUT2D eigenvalue weighted by atomic mass is 9.89. The highest BCUT2D eigenvalue weighted by atomic mass is 19.1. The molecule has 0 bridgehead atoms. The number of carbonyl (C=O) groups is 1. The van der Waals surface area contributed by atoms with Crippen molar-refractivity contribution in [2.24, 2.45) is 10.7 Å². The van der Waals surface area contributed by atoms with Gasteiger partial charge in [-0.05, 0) is 30.7 Å². The highest BCUT2D eigenvalue weighted by Gasteiger charge is 2.30. The summed E-state index contributed by atoms with van der Waals surface area (Å²) >= 11 is 0. The molecule has 7 nitrogen and oxygen atoms in total. The second-order valence-corrected chi connectivity index (χ2v) is 5.88. The molecule has 1 aliphatic rings. The molecule has 0 fully saturated rings. The largest absolute Gasteiger partial charge is 0.480 e. The lowest BCUT2D eigenvalue weighted by Gasteiger charge is -2.25. The van der Waals surface area contributed by atoms with Crippen LogP contribution in [0.15, 0.2) is 47.9 Å². The minimum absolute atomic E-state index is 0.0454. The highest BCUT2D eigenvalue weighted by Crippen LogP contribution is 2.32. The van der Waals surface area contributed by atoms with Crippen LogP contribution in [0.4, 0.5) is 4.39 Å². The van der Waals surface area contributed by atoms with Crippen LogP contribution in [0.3, 0.4) is 0 Å². The number of nitrogens with two attached hydrogens (primary N) is 1. The van der Waals surface area contributed by atoms with Gasteiger partial charge in [-0.25, -0.2) is 19.4 Å². The van der Waals surface area contributed by atoms with E-state index in [-0.39, 0.29) is 23.9 Å². The second kappa shape index (κ2) is 6.91. The summed E-state index contributed by atoms with van der Waals surface area (Å²) in [5.41, 5.74) is 5.71. The summed E-state index contributed by atoms with van der Waals surface area (Å²) in [7, 11) is 1.46. The zero-order valence-electron chi connectivity index (χ0n) is 14.3. The lowest BCUT2D eigenvalue weighted by Crippen LogP contribution is -2.28. The topological polar surface area (TPSA) is 99.7 Å². The fourth-order valence-corrected chi connectivity index (χ4v) is 2.59. The Kier molecular flexibility index (Phi) is 4.66. The molecule has 3 rings (SSSR count). The van der Waals surface area contributed by atoms with Crippen LogP contribution in [0.5, 0.6) is 5.88 Å². The zero-order valence-corrected chi connectivity index (χ0v) is 14.3. The first-order chi connectivity index (χ1) is 12.4. The van der Waals surface area contributed by atoms with E-state index in [4.69, 9.17) is 15.2 Å². The Morgan fingerprint density at radius 2 is 2.15 bits per heavy atom. The van der Waals surface area contributed by atoms with Gasteiger partial charge in [0, 0.05) is 12.0 Å². The molecule has 0 aliphatic carbocycles. The van der Waals surface area contributed by atoms with Gasteiger partial charge in [0.2, 0.25) is 5.88 Å². The molecule has 2 heterocycles. The summed E-state index contributed by atoms with van der Waals surface area (Å²) < 4.78 is 24.2. The van der Waals surface area contributed by atoms with E-state index in [0.717, 1.165) is 0 Å². The van der Waals surface area contributed by atoms with Crippen molar-refractivity contribution in [1.82, 2.24) is 9.97 Å². The maximum Gasteiger partial charge on any atom is 0.288 e. The molecule has 134 valence electrons. The number of amidine groups is 1. The molecule has 1 aromatic carbocycles. The van der Waals surface area contributed by atoms with E-state index in [0.29, 0.717) is 17.0 Å². The number of rotatable bonds is 5. The molecule has 1 aliphatic heterocycles. The smallest absolute Gasteiger partial charge is 0.288 e. The molecule has 0 saturated heterocycles. The Morgan fingerprint density at radius 1 is 1.35 bits per heavy atom. The monoisotopic (exact) mass is 356 g/mol. The molecule has 0 radical (unpaired) electrons. The van der Waals surface area contributed by atoms with Crippen molar-refractivity contribution < 1.29 is 18.7 Å². The van der Waals surface area contributed by atoms with Gasteiger partial charge in [-0.3, -0.25) is 4.79 Å². The average Bonchev–Trinajstić information content (AvgIpc) is 2.63. The fraction of sp³-hybridized carbons (Fsp3) is 0.222. The Morgan fingerprint density at radius 3 is 2.81 bits per heavy atom. The second-order valence-electron chi connectivity index (χ2n) is 5.88. The summed E-state index contributed by atoms with van der Waals surface area (Å²) in [5, 5.41) is 0. The van der Waals surface area contributed by atoms with Crippen molar-refractivity contribution in [3.63, 3.8) is 0 Å². The Labute approximate surface area is 149 Å². The van der Waals surface area contributed by atoms with Crippen LogP contribution in [-0.4, -0.2) is 28.9 Å². The van der Waals surface area contributed by atoms with Gasteiger partial charge >= 0.3 is 0 Å². The van der Waals surface area contributed by atoms with Crippen LogP contribution in [0.25, 0.3) is 0 Å². The number of methoxy groups -OCH3 is 1. The van der Waals surface area contributed by atoms with Gasteiger partial charge in [0.25, 0.3) is 6.02 Å². The SMILES string of the molecule is COc1cnc(C(=O)Cc2ccc(F)c([C@]3(C)C=COC(N)=N3)c2)cn1. The Bertz CT molecular complexity index is 896. The third-order valence-corrected chi connectivity index (χ3v) is 3.99. The molecule has 0 spiro atoms. The number of nitrogens with zero attached hydrogens (tertiary/aromatic N) is 3. The maximum absolute atomic E-state index is 14.4. The Hall–Kier alpha value is -3.29. The van der Waals surface area contributed by atoms with Crippen molar-refractivity contribution in [2.45, 2.75) is 18.9 Å². The predicted octanol–water partition coefficient (Wildman–Crippen LogP) is 2.12. The van der Waals surface area contributed by atoms with Gasteiger partial charge in [-0.2, -0.15) is 0 Å². The quantitative estimate of drug-likeness (QED) is 0.824. The van der Waals surface area contributed by atoms with Gasteiger partial charge in [-0.15, -0.1) is 0 Å². The first-order valence-electron chi connectivity index (χ1n) is 7.79. The van der Waals surface area contributed by atoms with Crippen LogP contribution in [0, 0.1) is 5.82 Å². The number of aliphatic imine (C=N–C) groups is 1. The number of ether oxygens (including phenoxy) is 2. The summed E-state index contributed by atoms with van der Waals surface area (Å²) in [6, 6.07) is 4.39. The van der Waals surface area contributed by atoms with Crippen molar-refractivity contribution in [3.05, 3.63) is 65.6 Å². The van der Waals surface area contributed by atoms with E-state index in [1.165, 1.54) is 31.8 Å². The normalized spacial score (nSPS) is 18.8. The molecule has 1 atom stereocenters. The highest BCUT2D eigenvalue weighted by molar-refractivity contribution is 5.95. The first kappa shape index (κ1) is 17.5. The number of hydrogen-bond donors (Lipinski definition) is 1. The molecule has 8 heteroatoms. The summed E-state index contributed by atoms with van der Waals surface area (Å²) in [6.07, 6.45) is 5.73. The molecule has 2 aromatic rings. The third-order valence-electron chi connectivity index (χ3n) is 3.99. The molecule has 26 heavy (non-hydrogen) atoms. The third kappa shape index (κ3) is 3.53. The number of benzene rings is 1. The maximum atomic E-state index is 14.4. The van der Waals surface area contributed by atoms with Crippen LogP contribution in [0.1, 0.15) is 28.5 Å². The number of ketones is 1. The number of Topliss-reactive ketones (excluding diaryl/α,β-unsaturated/α-hetero) is 1. The van der Waals surface area contributed by atoms with Crippen molar-refractivity contribution in [3.8, 4) is 5.88 Å². The van der Waals surface area contributed by atoms with Crippen LogP contribution >= 0.6 is 0 Å². The van der Waals surface area contributed by atoms with Crippen LogP contribution in [-0.2, 0) is 16.7 Å². The summed E-state index contributed by atoms with van der Waals surface area (Å²) in [6.45, 7) is 1.71. The fourth-order valence-electron chi connectivity index (χ4n) is 2.59. The van der Waals surface area contributed by atoms with Crippen LogP contribution in [0.2, 0.25) is 0 Å². The van der Waals surface area contributed by atoms with Gasteiger partial charge in [0.05, 0.1) is 25.8 Å². The van der Waals surface area contributed by atoms with Crippen LogP contribution < -0.4 is 10.5 Å². The van der Waals surface area contributed by atoms with E-state index in [1.807, 2.05) is 0 Å². The summed E-state index contributed by atoms with van der Waals surface area (Å²) in [5.74, 6) is -0.371. The molecule has 0 saturated carbocycles. The predicted molar refractivity (Wildman–Crippen MR) is 92.2 cm³/mol. The number of halogens is 1. The van der Waals surface area contributed by atoms with E-state index in [9.17, 15) is 9.18 Å². The van der Waals surface area contributed by atoms with Crippen molar-refractivity contribution >= 4 is 11.8 Å². The molecular formula is C18H17FN4O3. The van der Waals surface area contributed by atoms with E-state index in [1.54, 1.807) is 25.1 Å². The molecular weight excluding hydrogens is 339 g/mol. The van der Waals surface area contributed by atoms with E-state index >= 15 is 0 Å². The average molecular weight is 356 g/mol. The Balaban J connectivity index is 1.86. The van der Waals surface area contributed by atoms with Gasteiger partial charge < -0.3 is 15.2 Å². The van der Waals surface area contributed by atoms with Gasteiger partial charge in [0.1, 0.15) is 17.1 Å². The zero-order chi connectivity index (χ0) is 18.7. The van der Waals surface area contributed by atoms with E-state index in [2.05, 4.69) is 15.0 Å². The molecule has 2 N–H and O–H groups in total. The molecule has 1 aromatic heterocycles. The minimum Gasteiger partial charge on any atom is -0.480 e. The van der Waals surface area contributed by atoms with Gasteiger partial charge in [-0.1, -0.05) is 6.07 Å². The van der Waals surface area contributed by atoms with Crippen molar-refractivity contribution in [2.75, 3.05) is 7.11 Å². The number of carbonyl (C=O) groups excluding carboxylic acids is 1. The van der Waals surface area contributed by atoms with E-state index < -0.39 is 11.4 Å². The van der Waals surface area contributed by atoms with Gasteiger partial charge in [0.15, 0.2) is 5.78 Å². The number of aromatic nitrogens is 2.